The number of carbonyl (C=O) groups is 2. The summed E-state index contributed by atoms with van der Waals surface area (Å²) in [7, 11) is 0. The molecule has 0 saturated carbocycles. The number of benzene rings is 1. The third-order valence-corrected chi connectivity index (χ3v) is 3.31. The molecule has 1 aromatic heterocycles. The molecular weight excluding hydrogens is 336 g/mol. The van der Waals surface area contributed by atoms with Gasteiger partial charge in [-0.05, 0) is 44.2 Å². The van der Waals surface area contributed by atoms with Crippen molar-refractivity contribution in [2.45, 2.75) is 20.5 Å². The lowest BCUT2D eigenvalue weighted by Gasteiger charge is -2.12. The minimum absolute atomic E-state index is 0.0626. The number of hydrogen-bond donors (Lipinski definition) is 1. The van der Waals surface area contributed by atoms with Crippen LogP contribution in [0, 0.1) is 0 Å². The van der Waals surface area contributed by atoms with E-state index in [4.69, 9.17) is 14.2 Å². The topological polar surface area (TPSA) is 86.8 Å². The molecule has 138 valence electrons. The van der Waals surface area contributed by atoms with Crippen LogP contribution in [0.15, 0.2) is 42.6 Å². The lowest BCUT2D eigenvalue weighted by atomic mass is 10.2. The molecule has 0 aliphatic rings. The average Bonchev–Trinajstić information content (AvgIpc) is 2.67. The predicted molar refractivity (Wildman–Crippen MR) is 95.1 cm³/mol. The lowest BCUT2D eigenvalue weighted by Crippen LogP contribution is -2.30. The Morgan fingerprint density at radius 3 is 2.50 bits per heavy atom. The van der Waals surface area contributed by atoms with E-state index in [2.05, 4.69) is 10.3 Å². The molecule has 2 rings (SSSR count). The number of pyridine rings is 1. The molecule has 0 radical (unpaired) electrons. The van der Waals surface area contributed by atoms with Crippen LogP contribution >= 0.6 is 0 Å². The number of ether oxygens (including phenoxy) is 3. The van der Waals surface area contributed by atoms with Crippen LogP contribution in [-0.4, -0.2) is 36.6 Å². The van der Waals surface area contributed by atoms with Crippen molar-refractivity contribution in [3.63, 3.8) is 0 Å². The summed E-state index contributed by atoms with van der Waals surface area (Å²) in [5.41, 5.74) is 1.01. The quantitative estimate of drug-likeness (QED) is 0.693. The third-order valence-electron chi connectivity index (χ3n) is 3.31. The second kappa shape index (κ2) is 10.0. The molecule has 0 fully saturated rings. The largest absolute Gasteiger partial charge is 0.490 e. The molecule has 7 nitrogen and oxygen atoms in total. The summed E-state index contributed by atoms with van der Waals surface area (Å²) in [6, 6.07) is 10.2. The number of esters is 1. The number of nitrogens with one attached hydrogen (secondary N) is 1. The van der Waals surface area contributed by atoms with E-state index in [9.17, 15) is 9.59 Å². The van der Waals surface area contributed by atoms with E-state index in [1.54, 1.807) is 42.6 Å². The van der Waals surface area contributed by atoms with Gasteiger partial charge in [0.15, 0.2) is 11.5 Å². The minimum atomic E-state index is -0.542. The summed E-state index contributed by atoms with van der Waals surface area (Å²) in [6.45, 7) is 4.49. The molecule has 26 heavy (non-hydrogen) atoms. The second-order valence-electron chi connectivity index (χ2n) is 5.19. The Morgan fingerprint density at radius 1 is 1.04 bits per heavy atom. The zero-order chi connectivity index (χ0) is 18.8. The van der Waals surface area contributed by atoms with Crippen LogP contribution in [0.1, 0.15) is 29.9 Å². The summed E-state index contributed by atoms with van der Waals surface area (Å²) >= 11 is 0. The first-order chi connectivity index (χ1) is 12.6. The molecule has 1 heterocycles. The van der Waals surface area contributed by atoms with Gasteiger partial charge in [-0.25, -0.2) is 0 Å². The van der Waals surface area contributed by atoms with Gasteiger partial charge in [0.1, 0.15) is 13.2 Å². The van der Waals surface area contributed by atoms with Crippen LogP contribution in [-0.2, 0) is 16.1 Å². The Labute approximate surface area is 152 Å². The maximum Gasteiger partial charge on any atom is 0.325 e. The van der Waals surface area contributed by atoms with Crippen molar-refractivity contribution in [1.29, 1.82) is 0 Å². The van der Waals surface area contributed by atoms with Crippen molar-refractivity contribution in [3.05, 3.63) is 53.9 Å². The van der Waals surface area contributed by atoms with Gasteiger partial charge in [0.2, 0.25) is 0 Å². The Balaban J connectivity index is 1.88. The van der Waals surface area contributed by atoms with E-state index in [1.807, 2.05) is 13.8 Å². The van der Waals surface area contributed by atoms with E-state index < -0.39 is 11.9 Å². The summed E-state index contributed by atoms with van der Waals surface area (Å²) in [5.74, 6) is 0.115. The van der Waals surface area contributed by atoms with Crippen molar-refractivity contribution in [3.8, 4) is 11.5 Å². The van der Waals surface area contributed by atoms with Crippen molar-refractivity contribution in [1.82, 2.24) is 10.3 Å². The van der Waals surface area contributed by atoms with Crippen LogP contribution in [0.2, 0.25) is 0 Å². The number of nitrogens with zero attached hydrogens (tertiary/aromatic N) is 1. The SMILES string of the molecule is CCOc1ccc(C(=O)NCC(=O)OCc2ccccn2)cc1OCC. The number of amides is 1. The molecule has 0 bridgehead atoms. The minimum Gasteiger partial charge on any atom is -0.490 e. The molecule has 0 unspecified atom stereocenters. The second-order valence-corrected chi connectivity index (χ2v) is 5.19. The number of aromatic nitrogens is 1. The molecule has 0 spiro atoms. The highest BCUT2D eigenvalue weighted by molar-refractivity contribution is 5.96. The van der Waals surface area contributed by atoms with Gasteiger partial charge in [0, 0.05) is 11.8 Å². The molecule has 1 N–H and O–H groups in total. The summed E-state index contributed by atoms with van der Waals surface area (Å²) in [5, 5.41) is 2.53. The van der Waals surface area contributed by atoms with Gasteiger partial charge in [0.05, 0.1) is 18.9 Å². The van der Waals surface area contributed by atoms with Gasteiger partial charge in [-0.3, -0.25) is 14.6 Å². The smallest absolute Gasteiger partial charge is 0.325 e. The van der Waals surface area contributed by atoms with Crippen LogP contribution in [0.3, 0.4) is 0 Å². The maximum absolute atomic E-state index is 12.2. The van der Waals surface area contributed by atoms with E-state index in [0.29, 0.717) is 36.0 Å². The summed E-state index contributed by atoms with van der Waals surface area (Å²) < 4.78 is 16.0. The first-order valence-electron chi connectivity index (χ1n) is 8.37. The van der Waals surface area contributed by atoms with Gasteiger partial charge in [-0.2, -0.15) is 0 Å². The maximum atomic E-state index is 12.2. The Kier molecular flexibility index (Phi) is 7.42. The van der Waals surface area contributed by atoms with E-state index >= 15 is 0 Å². The van der Waals surface area contributed by atoms with Gasteiger partial charge in [-0.15, -0.1) is 0 Å². The van der Waals surface area contributed by atoms with Crippen molar-refractivity contribution < 1.29 is 23.8 Å². The molecular formula is C19H22N2O5. The average molecular weight is 358 g/mol. The van der Waals surface area contributed by atoms with E-state index in [1.165, 1.54) is 0 Å². The van der Waals surface area contributed by atoms with E-state index in [0.717, 1.165) is 0 Å². The fourth-order valence-corrected chi connectivity index (χ4v) is 2.14. The molecule has 0 aliphatic heterocycles. The van der Waals surface area contributed by atoms with Crippen LogP contribution in [0.5, 0.6) is 11.5 Å². The highest BCUT2D eigenvalue weighted by atomic mass is 16.5. The van der Waals surface area contributed by atoms with Crippen LogP contribution in [0.4, 0.5) is 0 Å². The number of hydrogen-bond acceptors (Lipinski definition) is 6. The van der Waals surface area contributed by atoms with Crippen molar-refractivity contribution in [2.24, 2.45) is 0 Å². The molecule has 0 atom stereocenters. The zero-order valence-corrected chi connectivity index (χ0v) is 14.9. The Morgan fingerprint density at radius 2 is 1.81 bits per heavy atom. The fourth-order valence-electron chi connectivity index (χ4n) is 2.14. The Bertz CT molecular complexity index is 734. The molecule has 1 amide bonds. The monoisotopic (exact) mass is 358 g/mol. The molecule has 1 aromatic carbocycles. The summed E-state index contributed by atoms with van der Waals surface area (Å²) in [4.78, 5) is 28.0. The predicted octanol–water partition coefficient (Wildman–Crippen LogP) is 2.35. The van der Waals surface area contributed by atoms with E-state index in [-0.39, 0.29) is 13.2 Å². The zero-order valence-electron chi connectivity index (χ0n) is 14.9. The van der Waals surface area contributed by atoms with Crippen LogP contribution in [0.25, 0.3) is 0 Å². The number of carbonyl (C=O) groups excluding carboxylic acids is 2. The Hall–Kier alpha value is -3.09. The van der Waals surface area contributed by atoms with Gasteiger partial charge < -0.3 is 19.5 Å². The van der Waals surface area contributed by atoms with Gasteiger partial charge in [-0.1, -0.05) is 6.07 Å². The lowest BCUT2D eigenvalue weighted by molar-refractivity contribution is -0.143. The highest BCUT2D eigenvalue weighted by Gasteiger charge is 2.13. The number of rotatable bonds is 9. The van der Waals surface area contributed by atoms with Crippen molar-refractivity contribution in [2.75, 3.05) is 19.8 Å². The van der Waals surface area contributed by atoms with Gasteiger partial charge in [0.25, 0.3) is 5.91 Å². The van der Waals surface area contributed by atoms with Crippen LogP contribution < -0.4 is 14.8 Å². The fraction of sp³-hybridized carbons (Fsp3) is 0.316. The standard InChI is InChI=1S/C19H22N2O5/c1-3-24-16-9-8-14(11-17(16)25-4-2)19(23)21-12-18(22)26-13-15-7-5-6-10-20-15/h5-11H,3-4,12-13H2,1-2H3,(H,21,23). The van der Waals surface area contributed by atoms with Crippen molar-refractivity contribution >= 4 is 11.9 Å². The normalized spacial score (nSPS) is 10.1. The molecule has 2 aromatic rings. The van der Waals surface area contributed by atoms with Gasteiger partial charge >= 0.3 is 5.97 Å². The first kappa shape index (κ1) is 19.2. The molecule has 7 heteroatoms. The molecule has 0 saturated heterocycles. The first-order valence-corrected chi connectivity index (χ1v) is 8.37. The summed E-state index contributed by atoms with van der Waals surface area (Å²) in [6.07, 6.45) is 1.62. The third kappa shape index (κ3) is 5.77. The highest BCUT2D eigenvalue weighted by Crippen LogP contribution is 2.28. The molecule has 0 aliphatic carbocycles.